The van der Waals surface area contributed by atoms with E-state index in [1.807, 2.05) is 12.1 Å². The van der Waals surface area contributed by atoms with Crippen LogP contribution in [0.15, 0.2) is 28.7 Å². The number of para-hydroxylation sites is 1. The van der Waals surface area contributed by atoms with E-state index in [9.17, 15) is 0 Å². The van der Waals surface area contributed by atoms with Crippen molar-refractivity contribution in [3.05, 3.63) is 35.6 Å². The number of nitrogens with one attached hydrogen (secondary N) is 1. The monoisotopic (exact) mass is 315 g/mol. The fourth-order valence-corrected chi connectivity index (χ4v) is 3.92. The maximum Gasteiger partial charge on any atom is 0.134 e. The number of hydrogen-bond donors (Lipinski definition) is 1. The van der Waals surface area contributed by atoms with Gasteiger partial charge in [0.2, 0.25) is 0 Å². The van der Waals surface area contributed by atoms with Crippen LogP contribution in [0.3, 0.4) is 0 Å². The smallest absolute Gasteiger partial charge is 0.134 e. The molecule has 2 aliphatic heterocycles. The van der Waals surface area contributed by atoms with Gasteiger partial charge in [0.05, 0.1) is 12.1 Å². The molecule has 4 nitrogen and oxygen atoms in total. The van der Waals surface area contributed by atoms with Crippen molar-refractivity contribution < 1.29 is 13.9 Å². The lowest BCUT2D eigenvalue weighted by atomic mass is 9.84. The standard InChI is InChI=1S/C19H25NO3/c1-14-16-4-2-3-5-17(16)23-18(14)13-20-15-6-9-22-19(12-15)7-10-21-11-8-19/h2-5,15,20H,6-13H2,1H3/t15-/m1/s1. The summed E-state index contributed by atoms with van der Waals surface area (Å²) in [5.41, 5.74) is 2.27. The number of fused-ring (bicyclic) bond motifs is 1. The van der Waals surface area contributed by atoms with E-state index in [0.29, 0.717) is 6.04 Å². The molecule has 1 N–H and O–H groups in total. The van der Waals surface area contributed by atoms with Crippen LogP contribution >= 0.6 is 0 Å². The molecule has 1 aromatic heterocycles. The fourth-order valence-electron chi connectivity index (χ4n) is 3.92. The second kappa shape index (κ2) is 6.27. The Labute approximate surface area is 137 Å². The number of aryl methyl sites for hydroxylation is 1. The maximum atomic E-state index is 6.12. The number of ether oxygens (including phenoxy) is 2. The second-order valence-electron chi connectivity index (χ2n) is 6.86. The van der Waals surface area contributed by atoms with Crippen LogP contribution in [-0.2, 0) is 16.0 Å². The van der Waals surface area contributed by atoms with E-state index in [1.54, 1.807) is 0 Å². The first-order valence-corrected chi connectivity index (χ1v) is 8.68. The van der Waals surface area contributed by atoms with Gasteiger partial charge < -0.3 is 19.2 Å². The summed E-state index contributed by atoms with van der Waals surface area (Å²) >= 11 is 0. The summed E-state index contributed by atoms with van der Waals surface area (Å²) in [6.45, 7) is 5.44. The molecule has 2 aliphatic rings. The molecule has 23 heavy (non-hydrogen) atoms. The van der Waals surface area contributed by atoms with Gasteiger partial charge in [-0.2, -0.15) is 0 Å². The largest absolute Gasteiger partial charge is 0.459 e. The summed E-state index contributed by atoms with van der Waals surface area (Å²) in [6, 6.07) is 8.75. The molecule has 2 saturated heterocycles. The van der Waals surface area contributed by atoms with Gasteiger partial charge in [-0.3, -0.25) is 0 Å². The van der Waals surface area contributed by atoms with Crippen molar-refractivity contribution >= 4 is 11.0 Å². The third kappa shape index (κ3) is 3.03. The third-order valence-electron chi connectivity index (χ3n) is 5.39. The minimum absolute atomic E-state index is 0.0388. The van der Waals surface area contributed by atoms with E-state index in [2.05, 4.69) is 24.4 Å². The second-order valence-corrected chi connectivity index (χ2v) is 6.86. The average molecular weight is 315 g/mol. The number of hydrogen-bond acceptors (Lipinski definition) is 4. The van der Waals surface area contributed by atoms with Crippen molar-refractivity contribution in [2.75, 3.05) is 19.8 Å². The van der Waals surface area contributed by atoms with E-state index >= 15 is 0 Å². The van der Waals surface area contributed by atoms with Gasteiger partial charge in [0, 0.05) is 31.2 Å². The SMILES string of the molecule is Cc1c(CN[C@@H]2CCOC3(CCOCC3)C2)oc2ccccc12. The van der Waals surface area contributed by atoms with Gasteiger partial charge in [0.15, 0.2) is 0 Å². The Morgan fingerprint density at radius 1 is 1.17 bits per heavy atom. The van der Waals surface area contributed by atoms with Crippen LogP contribution in [0.1, 0.15) is 37.0 Å². The zero-order valence-corrected chi connectivity index (χ0v) is 13.8. The number of rotatable bonds is 3. The van der Waals surface area contributed by atoms with Crippen LogP contribution in [0.4, 0.5) is 0 Å². The zero-order chi connectivity index (χ0) is 15.7. The van der Waals surface area contributed by atoms with Crippen LogP contribution < -0.4 is 5.32 Å². The van der Waals surface area contributed by atoms with Crippen LogP contribution in [0, 0.1) is 6.92 Å². The summed E-state index contributed by atoms with van der Waals surface area (Å²) in [4.78, 5) is 0. The highest BCUT2D eigenvalue weighted by Crippen LogP contribution is 2.34. The summed E-state index contributed by atoms with van der Waals surface area (Å²) < 4.78 is 17.6. The molecule has 124 valence electrons. The highest BCUT2D eigenvalue weighted by Gasteiger charge is 2.38. The predicted octanol–water partition coefficient (Wildman–Crippen LogP) is 3.56. The Hall–Kier alpha value is -1.36. The lowest BCUT2D eigenvalue weighted by Gasteiger charge is -2.43. The molecule has 0 saturated carbocycles. The first-order valence-electron chi connectivity index (χ1n) is 8.68. The average Bonchev–Trinajstić information content (AvgIpc) is 2.90. The molecular weight excluding hydrogens is 290 g/mol. The van der Waals surface area contributed by atoms with Crippen LogP contribution in [0.5, 0.6) is 0 Å². The van der Waals surface area contributed by atoms with E-state index in [4.69, 9.17) is 13.9 Å². The van der Waals surface area contributed by atoms with Crippen molar-refractivity contribution in [2.45, 2.75) is 50.8 Å². The van der Waals surface area contributed by atoms with E-state index in [0.717, 1.165) is 63.4 Å². The summed E-state index contributed by atoms with van der Waals surface area (Å²) in [7, 11) is 0. The molecule has 4 heteroatoms. The van der Waals surface area contributed by atoms with Crippen LogP contribution in [0.2, 0.25) is 0 Å². The number of benzene rings is 1. The van der Waals surface area contributed by atoms with Crippen LogP contribution in [-0.4, -0.2) is 31.5 Å². The molecule has 2 aromatic rings. The Morgan fingerprint density at radius 2 is 2.00 bits per heavy atom. The quantitative estimate of drug-likeness (QED) is 0.940. The van der Waals surface area contributed by atoms with Gasteiger partial charge in [-0.15, -0.1) is 0 Å². The third-order valence-corrected chi connectivity index (χ3v) is 5.39. The topological polar surface area (TPSA) is 43.6 Å². The van der Waals surface area contributed by atoms with Gasteiger partial charge in [0.25, 0.3) is 0 Å². The minimum atomic E-state index is 0.0388. The normalized spacial score (nSPS) is 24.3. The molecule has 0 bridgehead atoms. The van der Waals surface area contributed by atoms with Crippen molar-refractivity contribution in [3.63, 3.8) is 0 Å². The summed E-state index contributed by atoms with van der Waals surface area (Å²) in [5.74, 6) is 1.05. The van der Waals surface area contributed by atoms with Crippen molar-refractivity contribution in [2.24, 2.45) is 0 Å². The Kier molecular flexibility index (Phi) is 4.14. The van der Waals surface area contributed by atoms with Gasteiger partial charge in [-0.05, 0) is 44.2 Å². The zero-order valence-electron chi connectivity index (χ0n) is 13.8. The summed E-state index contributed by atoms with van der Waals surface area (Å²) in [5, 5.41) is 4.92. The van der Waals surface area contributed by atoms with E-state index in [1.165, 1.54) is 10.9 Å². The van der Waals surface area contributed by atoms with Crippen molar-refractivity contribution in [1.29, 1.82) is 0 Å². The molecule has 2 fully saturated rings. The molecular formula is C19H25NO3. The minimum Gasteiger partial charge on any atom is -0.459 e. The Bertz CT molecular complexity index is 667. The van der Waals surface area contributed by atoms with Gasteiger partial charge >= 0.3 is 0 Å². The Morgan fingerprint density at radius 3 is 2.83 bits per heavy atom. The first kappa shape index (κ1) is 15.2. The maximum absolute atomic E-state index is 6.12. The predicted molar refractivity (Wildman–Crippen MR) is 89.5 cm³/mol. The van der Waals surface area contributed by atoms with Gasteiger partial charge in [0.1, 0.15) is 11.3 Å². The molecule has 0 aliphatic carbocycles. The molecule has 0 unspecified atom stereocenters. The Balaban J connectivity index is 1.42. The molecule has 1 spiro atoms. The van der Waals surface area contributed by atoms with Crippen molar-refractivity contribution in [1.82, 2.24) is 5.32 Å². The van der Waals surface area contributed by atoms with Crippen molar-refractivity contribution in [3.8, 4) is 0 Å². The summed E-state index contributed by atoms with van der Waals surface area (Å²) in [6.07, 6.45) is 4.20. The van der Waals surface area contributed by atoms with Crippen LogP contribution in [0.25, 0.3) is 11.0 Å². The fraction of sp³-hybridized carbons (Fsp3) is 0.579. The lowest BCUT2D eigenvalue weighted by molar-refractivity contribution is -0.140. The highest BCUT2D eigenvalue weighted by molar-refractivity contribution is 5.81. The van der Waals surface area contributed by atoms with Gasteiger partial charge in [-0.25, -0.2) is 0 Å². The molecule has 1 aromatic carbocycles. The highest BCUT2D eigenvalue weighted by atomic mass is 16.5. The number of furan rings is 1. The molecule has 0 radical (unpaired) electrons. The molecule has 4 rings (SSSR count). The molecule has 1 atom stereocenters. The van der Waals surface area contributed by atoms with Gasteiger partial charge in [-0.1, -0.05) is 18.2 Å². The molecule has 3 heterocycles. The molecule has 0 amide bonds. The first-order chi connectivity index (χ1) is 11.3. The van der Waals surface area contributed by atoms with E-state index in [-0.39, 0.29) is 5.60 Å². The lowest BCUT2D eigenvalue weighted by Crippen LogP contribution is -2.49. The van der Waals surface area contributed by atoms with E-state index < -0.39 is 0 Å².